The predicted molar refractivity (Wildman–Crippen MR) is 78.8 cm³/mol. The van der Waals surface area contributed by atoms with E-state index in [1.807, 2.05) is 0 Å². The van der Waals surface area contributed by atoms with Crippen LogP contribution in [0, 0.1) is 5.92 Å². The van der Waals surface area contributed by atoms with Crippen LogP contribution in [0.2, 0.25) is 0 Å². The van der Waals surface area contributed by atoms with Gasteiger partial charge in [0.2, 0.25) is 0 Å². The minimum absolute atomic E-state index is 0.595. The fourth-order valence-electron chi connectivity index (χ4n) is 3.32. The molecule has 1 aromatic rings. The third-order valence-corrected chi connectivity index (χ3v) is 4.78. The van der Waals surface area contributed by atoms with Crippen LogP contribution in [0.15, 0.2) is 34.9 Å². The third kappa shape index (κ3) is 1.46. The zero-order valence-corrected chi connectivity index (χ0v) is 11.7. The Bertz CT molecular complexity index is 575. The summed E-state index contributed by atoms with van der Waals surface area (Å²) in [5.41, 5.74) is 10.2. The summed E-state index contributed by atoms with van der Waals surface area (Å²) in [7, 11) is 0. The average molecular weight is 239 g/mol. The number of anilines is 1. The van der Waals surface area contributed by atoms with Gasteiger partial charge in [-0.2, -0.15) is 0 Å². The summed E-state index contributed by atoms with van der Waals surface area (Å²) in [4.78, 5) is 0. The van der Waals surface area contributed by atoms with Crippen molar-refractivity contribution in [1.82, 2.24) is 0 Å². The topological polar surface area (TPSA) is 12.0 Å². The van der Waals surface area contributed by atoms with Gasteiger partial charge in [-0.15, -0.1) is 0 Å². The van der Waals surface area contributed by atoms with Crippen LogP contribution in [-0.2, 0) is 6.42 Å². The molecule has 0 saturated heterocycles. The lowest BCUT2D eigenvalue weighted by molar-refractivity contribution is 0.818. The van der Waals surface area contributed by atoms with E-state index >= 15 is 0 Å². The second-order valence-corrected chi connectivity index (χ2v) is 5.60. The molecule has 3 rings (SSSR count). The number of rotatable bonds is 1. The number of benzene rings is 1. The van der Waals surface area contributed by atoms with Crippen LogP contribution in [0.5, 0.6) is 0 Å². The first-order chi connectivity index (χ1) is 8.61. The first-order valence-electron chi connectivity index (χ1n) is 6.86. The molecule has 94 valence electrons. The van der Waals surface area contributed by atoms with Crippen molar-refractivity contribution < 1.29 is 0 Å². The van der Waals surface area contributed by atoms with E-state index in [0.29, 0.717) is 5.92 Å². The van der Waals surface area contributed by atoms with E-state index < -0.39 is 0 Å². The molecule has 0 spiro atoms. The zero-order valence-electron chi connectivity index (χ0n) is 11.7. The first-order valence-corrected chi connectivity index (χ1v) is 6.86. The Hall–Kier alpha value is -1.50. The summed E-state index contributed by atoms with van der Waals surface area (Å²) in [6.45, 7) is 10.2. The van der Waals surface area contributed by atoms with Gasteiger partial charge in [-0.3, -0.25) is 0 Å². The van der Waals surface area contributed by atoms with Crippen LogP contribution < -0.4 is 5.32 Å². The molecule has 0 fully saturated rings. The molecular formula is C17H21N. The van der Waals surface area contributed by atoms with Crippen molar-refractivity contribution in [3.05, 3.63) is 46.0 Å². The molecule has 0 radical (unpaired) electrons. The molecular weight excluding hydrogens is 218 g/mol. The highest BCUT2D eigenvalue weighted by Crippen LogP contribution is 2.45. The summed E-state index contributed by atoms with van der Waals surface area (Å²) in [6, 6.07) is 6.72. The molecule has 1 heterocycles. The van der Waals surface area contributed by atoms with Crippen LogP contribution in [0.1, 0.15) is 38.8 Å². The van der Waals surface area contributed by atoms with Crippen LogP contribution in [0.3, 0.4) is 0 Å². The van der Waals surface area contributed by atoms with Gasteiger partial charge in [0, 0.05) is 17.8 Å². The highest BCUT2D eigenvalue weighted by Gasteiger charge is 2.26. The van der Waals surface area contributed by atoms with Crippen LogP contribution in [0.4, 0.5) is 5.69 Å². The number of fused-ring (bicyclic) bond motifs is 1. The van der Waals surface area contributed by atoms with Gasteiger partial charge in [0.25, 0.3) is 0 Å². The molecule has 1 aliphatic heterocycles. The maximum absolute atomic E-state index is 3.56. The second kappa shape index (κ2) is 4.01. The van der Waals surface area contributed by atoms with E-state index in [0.717, 1.165) is 13.0 Å². The van der Waals surface area contributed by atoms with Crippen molar-refractivity contribution in [3.8, 4) is 0 Å². The van der Waals surface area contributed by atoms with Crippen molar-refractivity contribution in [2.75, 3.05) is 11.9 Å². The lowest BCUT2D eigenvalue weighted by Gasteiger charge is -2.13. The lowest BCUT2D eigenvalue weighted by Crippen LogP contribution is -1.97. The number of hydrogen-bond donors (Lipinski definition) is 1. The number of hydrogen-bond acceptors (Lipinski definition) is 1. The summed E-state index contributed by atoms with van der Waals surface area (Å²) in [6.07, 6.45) is 1.16. The minimum Gasteiger partial charge on any atom is -0.384 e. The van der Waals surface area contributed by atoms with E-state index in [4.69, 9.17) is 0 Å². The average Bonchev–Trinajstić information content (AvgIpc) is 2.91. The van der Waals surface area contributed by atoms with Crippen LogP contribution in [-0.4, -0.2) is 6.54 Å². The van der Waals surface area contributed by atoms with E-state index in [9.17, 15) is 0 Å². The Balaban J connectivity index is 2.20. The van der Waals surface area contributed by atoms with E-state index in [-0.39, 0.29) is 0 Å². The van der Waals surface area contributed by atoms with Crippen molar-refractivity contribution in [2.45, 2.75) is 34.1 Å². The monoisotopic (exact) mass is 239 g/mol. The Morgan fingerprint density at radius 3 is 2.56 bits per heavy atom. The molecule has 0 aromatic heterocycles. The molecule has 1 nitrogen and oxygen atoms in total. The molecule has 18 heavy (non-hydrogen) atoms. The Kier molecular flexibility index (Phi) is 2.58. The summed E-state index contributed by atoms with van der Waals surface area (Å²) < 4.78 is 0. The summed E-state index contributed by atoms with van der Waals surface area (Å²) >= 11 is 0. The molecule has 1 aromatic carbocycles. The van der Waals surface area contributed by atoms with Gasteiger partial charge in [0.05, 0.1) is 0 Å². The van der Waals surface area contributed by atoms with Crippen LogP contribution >= 0.6 is 0 Å². The van der Waals surface area contributed by atoms with Gasteiger partial charge in [-0.05, 0) is 49.8 Å². The standard InChI is InChI=1S/C17H21N/c1-10-11(2)13(4)16(12(10)3)15-7-5-6-14-8-9-18-17(14)15/h5-7,10,18H,8-9H2,1-4H3/t10-/m0/s1. The van der Waals surface area contributed by atoms with E-state index in [1.54, 1.807) is 0 Å². The SMILES string of the molecule is CC1=C(C)[C@H](C)C(C)=C1c1cccc2c1NCC2. The molecule has 1 aliphatic carbocycles. The van der Waals surface area contributed by atoms with Gasteiger partial charge in [-0.1, -0.05) is 36.3 Å². The van der Waals surface area contributed by atoms with Gasteiger partial charge in [0.1, 0.15) is 0 Å². The van der Waals surface area contributed by atoms with Gasteiger partial charge in [-0.25, -0.2) is 0 Å². The molecule has 0 saturated carbocycles. The largest absolute Gasteiger partial charge is 0.384 e. The highest BCUT2D eigenvalue weighted by molar-refractivity contribution is 5.91. The van der Waals surface area contributed by atoms with E-state index in [2.05, 4.69) is 51.2 Å². The van der Waals surface area contributed by atoms with Crippen LogP contribution in [0.25, 0.3) is 5.57 Å². The molecule has 0 amide bonds. The summed E-state index contributed by atoms with van der Waals surface area (Å²) in [5, 5.41) is 3.56. The maximum atomic E-state index is 3.56. The maximum Gasteiger partial charge on any atom is 0.0453 e. The van der Waals surface area contributed by atoms with E-state index in [1.165, 1.54) is 39.1 Å². The minimum atomic E-state index is 0.595. The normalized spacial score (nSPS) is 22.6. The Morgan fingerprint density at radius 1 is 1.11 bits per heavy atom. The number of para-hydroxylation sites is 1. The zero-order chi connectivity index (χ0) is 12.9. The predicted octanol–water partition coefficient (Wildman–Crippen LogP) is 4.41. The Labute approximate surface area is 110 Å². The van der Waals surface area contributed by atoms with Crippen molar-refractivity contribution in [3.63, 3.8) is 0 Å². The second-order valence-electron chi connectivity index (χ2n) is 5.60. The molecule has 1 N–H and O–H groups in total. The quantitative estimate of drug-likeness (QED) is 0.765. The number of allylic oxidation sites excluding steroid dienone is 4. The third-order valence-electron chi connectivity index (χ3n) is 4.78. The van der Waals surface area contributed by atoms with Gasteiger partial charge < -0.3 is 5.32 Å². The lowest BCUT2D eigenvalue weighted by atomic mass is 9.94. The van der Waals surface area contributed by atoms with Crippen molar-refractivity contribution in [2.24, 2.45) is 5.92 Å². The molecule has 0 unspecified atom stereocenters. The fourth-order valence-corrected chi connectivity index (χ4v) is 3.32. The Morgan fingerprint density at radius 2 is 1.89 bits per heavy atom. The van der Waals surface area contributed by atoms with Gasteiger partial charge in [0.15, 0.2) is 0 Å². The molecule has 2 aliphatic rings. The first kappa shape index (κ1) is 11.6. The molecule has 1 heteroatoms. The summed E-state index contributed by atoms with van der Waals surface area (Å²) in [5.74, 6) is 0.595. The smallest absolute Gasteiger partial charge is 0.0453 e. The van der Waals surface area contributed by atoms with Crippen molar-refractivity contribution in [1.29, 1.82) is 0 Å². The molecule has 0 bridgehead atoms. The van der Waals surface area contributed by atoms with Gasteiger partial charge >= 0.3 is 0 Å². The van der Waals surface area contributed by atoms with Crippen molar-refractivity contribution >= 4 is 11.3 Å². The highest BCUT2D eigenvalue weighted by atomic mass is 14.9. The number of nitrogens with one attached hydrogen (secondary N) is 1. The fraction of sp³-hybridized carbons (Fsp3) is 0.412. The molecule has 1 atom stereocenters.